The molecule has 0 radical (unpaired) electrons. The minimum absolute atomic E-state index is 0.102. The fraction of sp³-hybridized carbons (Fsp3) is 0.600. The van der Waals surface area contributed by atoms with Crippen LogP contribution in [0, 0.1) is 12.8 Å². The molecule has 3 heteroatoms. The van der Waals surface area contributed by atoms with E-state index in [0.717, 1.165) is 48.1 Å². The highest BCUT2D eigenvalue weighted by Gasteiger charge is 2.42. The van der Waals surface area contributed by atoms with Crippen LogP contribution in [0.2, 0.25) is 0 Å². The molecule has 0 fully saturated rings. The SMILES string of the molecule is CC(C)=CCC[C@@H]1C(O)Oc2c(C)cc(O)c3c2C1CCC3C. The molecule has 0 saturated carbocycles. The van der Waals surface area contributed by atoms with Gasteiger partial charge in [0.25, 0.3) is 0 Å². The monoisotopic (exact) mass is 316 g/mol. The second-order valence-electron chi connectivity index (χ2n) is 7.49. The number of phenolic OH excluding ortho intramolecular Hbond substituents is 1. The van der Waals surface area contributed by atoms with Crippen LogP contribution in [0.4, 0.5) is 0 Å². The Hall–Kier alpha value is -1.48. The van der Waals surface area contributed by atoms with Crippen molar-refractivity contribution in [2.45, 2.75) is 71.5 Å². The summed E-state index contributed by atoms with van der Waals surface area (Å²) in [5.74, 6) is 1.93. The summed E-state index contributed by atoms with van der Waals surface area (Å²) in [6, 6.07) is 1.78. The van der Waals surface area contributed by atoms with Crippen molar-refractivity contribution < 1.29 is 14.9 Å². The second kappa shape index (κ2) is 6.20. The molecule has 0 amide bonds. The lowest BCUT2D eigenvalue weighted by molar-refractivity contribution is -0.0881. The van der Waals surface area contributed by atoms with Crippen LogP contribution < -0.4 is 4.74 Å². The third kappa shape index (κ3) is 2.87. The van der Waals surface area contributed by atoms with E-state index in [1.807, 2.05) is 6.92 Å². The molecule has 0 saturated heterocycles. The van der Waals surface area contributed by atoms with Gasteiger partial charge < -0.3 is 14.9 Å². The Balaban J connectivity index is 2.00. The Kier molecular flexibility index (Phi) is 4.41. The molecule has 4 atom stereocenters. The zero-order valence-electron chi connectivity index (χ0n) is 14.6. The number of rotatable bonds is 3. The molecule has 2 N–H and O–H groups in total. The first-order chi connectivity index (χ1) is 10.9. The second-order valence-corrected chi connectivity index (χ2v) is 7.49. The third-order valence-electron chi connectivity index (χ3n) is 5.47. The zero-order valence-corrected chi connectivity index (χ0v) is 14.6. The Labute approximate surface area is 139 Å². The van der Waals surface area contributed by atoms with Crippen LogP contribution >= 0.6 is 0 Å². The van der Waals surface area contributed by atoms with Crippen molar-refractivity contribution in [3.05, 3.63) is 34.4 Å². The van der Waals surface area contributed by atoms with Gasteiger partial charge >= 0.3 is 0 Å². The normalized spacial score (nSPS) is 28.7. The van der Waals surface area contributed by atoms with Crippen LogP contribution in [0.1, 0.15) is 75.0 Å². The predicted molar refractivity (Wildman–Crippen MR) is 92.0 cm³/mol. The molecule has 3 rings (SSSR count). The van der Waals surface area contributed by atoms with Crippen LogP contribution in [0.5, 0.6) is 11.5 Å². The van der Waals surface area contributed by atoms with Crippen molar-refractivity contribution in [3.8, 4) is 11.5 Å². The Morgan fingerprint density at radius 1 is 1.30 bits per heavy atom. The van der Waals surface area contributed by atoms with Crippen LogP contribution in [-0.4, -0.2) is 16.5 Å². The van der Waals surface area contributed by atoms with E-state index in [0.29, 0.717) is 11.7 Å². The van der Waals surface area contributed by atoms with Gasteiger partial charge in [-0.1, -0.05) is 18.6 Å². The molecule has 3 unspecified atom stereocenters. The number of aliphatic hydroxyl groups is 1. The number of hydrogen-bond donors (Lipinski definition) is 2. The first kappa shape index (κ1) is 16.4. The lowest BCUT2D eigenvalue weighted by atomic mass is 9.68. The molecule has 1 aliphatic carbocycles. The summed E-state index contributed by atoms with van der Waals surface area (Å²) in [7, 11) is 0. The molecule has 23 heavy (non-hydrogen) atoms. The maximum atomic E-state index is 10.6. The minimum atomic E-state index is -0.748. The van der Waals surface area contributed by atoms with Gasteiger partial charge in [0.05, 0.1) is 0 Å². The highest BCUT2D eigenvalue weighted by atomic mass is 16.6. The third-order valence-corrected chi connectivity index (χ3v) is 5.47. The smallest absolute Gasteiger partial charge is 0.200 e. The number of ether oxygens (including phenoxy) is 1. The number of benzene rings is 1. The number of aliphatic hydroxyl groups excluding tert-OH is 1. The van der Waals surface area contributed by atoms with Gasteiger partial charge in [-0.25, -0.2) is 0 Å². The van der Waals surface area contributed by atoms with Gasteiger partial charge in [0.15, 0.2) is 0 Å². The summed E-state index contributed by atoms with van der Waals surface area (Å²) >= 11 is 0. The van der Waals surface area contributed by atoms with Gasteiger partial charge in [-0.2, -0.15) is 0 Å². The van der Waals surface area contributed by atoms with Gasteiger partial charge in [-0.15, -0.1) is 0 Å². The molecule has 0 aromatic heterocycles. The molecule has 1 heterocycles. The van der Waals surface area contributed by atoms with Crippen LogP contribution in [0.25, 0.3) is 0 Å². The van der Waals surface area contributed by atoms with E-state index in [2.05, 4.69) is 26.8 Å². The predicted octanol–water partition coefficient (Wildman–Crippen LogP) is 4.75. The molecule has 1 aromatic carbocycles. The van der Waals surface area contributed by atoms with Crippen LogP contribution in [0.3, 0.4) is 0 Å². The van der Waals surface area contributed by atoms with Crippen molar-refractivity contribution >= 4 is 0 Å². The fourth-order valence-electron chi connectivity index (χ4n) is 4.33. The maximum absolute atomic E-state index is 10.6. The highest BCUT2D eigenvalue weighted by Crippen LogP contribution is 2.54. The van der Waals surface area contributed by atoms with Crippen molar-refractivity contribution in [3.63, 3.8) is 0 Å². The topological polar surface area (TPSA) is 49.7 Å². The molecule has 0 spiro atoms. The van der Waals surface area contributed by atoms with E-state index < -0.39 is 6.29 Å². The number of aromatic hydroxyl groups is 1. The summed E-state index contributed by atoms with van der Waals surface area (Å²) < 4.78 is 5.91. The van der Waals surface area contributed by atoms with Gasteiger partial charge in [0.1, 0.15) is 11.5 Å². The molecule has 2 aliphatic rings. The highest BCUT2D eigenvalue weighted by molar-refractivity contribution is 5.58. The van der Waals surface area contributed by atoms with Gasteiger partial charge in [0.2, 0.25) is 6.29 Å². The first-order valence-electron chi connectivity index (χ1n) is 8.74. The van der Waals surface area contributed by atoms with Crippen molar-refractivity contribution in [1.82, 2.24) is 0 Å². The van der Waals surface area contributed by atoms with Crippen LogP contribution in [0.15, 0.2) is 17.7 Å². The van der Waals surface area contributed by atoms with Crippen molar-refractivity contribution in [2.24, 2.45) is 5.92 Å². The Bertz CT molecular complexity index is 628. The van der Waals surface area contributed by atoms with E-state index in [9.17, 15) is 10.2 Å². The van der Waals surface area contributed by atoms with Crippen molar-refractivity contribution in [1.29, 1.82) is 0 Å². The zero-order chi connectivity index (χ0) is 16.7. The molecular weight excluding hydrogens is 288 g/mol. The van der Waals surface area contributed by atoms with E-state index >= 15 is 0 Å². The number of hydrogen-bond acceptors (Lipinski definition) is 3. The number of allylic oxidation sites excluding steroid dienone is 2. The fourth-order valence-corrected chi connectivity index (χ4v) is 4.33. The molecular formula is C20H28O3. The Morgan fingerprint density at radius 2 is 2.04 bits per heavy atom. The standard InChI is InChI=1S/C20H28O3/c1-11(2)6-5-7-15-14-9-8-12(3)17-16(21)10-13(4)19(18(14)17)23-20(15)22/h6,10,12,14-15,20-22H,5,7-9H2,1-4H3/t12?,14?,15-,20?/m0/s1. The summed E-state index contributed by atoms with van der Waals surface area (Å²) in [5.41, 5.74) is 4.43. The molecule has 3 nitrogen and oxygen atoms in total. The van der Waals surface area contributed by atoms with E-state index in [1.54, 1.807) is 6.07 Å². The summed E-state index contributed by atoms with van der Waals surface area (Å²) in [6.07, 6.45) is 5.47. The van der Waals surface area contributed by atoms with Crippen molar-refractivity contribution in [2.75, 3.05) is 0 Å². The molecule has 126 valence electrons. The van der Waals surface area contributed by atoms with Gasteiger partial charge in [-0.05, 0) is 69.9 Å². The van der Waals surface area contributed by atoms with Crippen LogP contribution in [-0.2, 0) is 0 Å². The molecule has 0 bridgehead atoms. The van der Waals surface area contributed by atoms with E-state index in [4.69, 9.17) is 4.74 Å². The quantitative estimate of drug-likeness (QED) is 0.791. The first-order valence-corrected chi connectivity index (χ1v) is 8.74. The summed E-state index contributed by atoms with van der Waals surface area (Å²) in [5, 5.41) is 21.0. The lowest BCUT2D eigenvalue weighted by Crippen LogP contribution is -2.38. The molecule has 1 aliphatic heterocycles. The average Bonchev–Trinajstić information content (AvgIpc) is 2.47. The minimum Gasteiger partial charge on any atom is -0.508 e. The Morgan fingerprint density at radius 3 is 2.74 bits per heavy atom. The summed E-state index contributed by atoms with van der Waals surface area (Å²) in [6.45, 7) is 8.32. The van der Waals surface area contributed by atoms with Gasteiger partial charge in [-0.3, -0.25) is 0 Å². The molecule has 1 aromatic rings. The van der Waals surface area contributed by atoms with E-state index in [1.165, 1.54) is 5.57 Å². The maximum Gasteiger partial charge on any atom is 0.200 e. The van der Waals surface area contributed by atoms with E-state index in [-0.39, 0.29) is 11.8 Å². The summed E-state index contributed by atoms with van der Waals surface area (Å²) in [4.78, 5) is 0. The largest absolute Gasteiger partial charge is 0.508 e. The number of aryl methyl sites for hydroxylation is 1. The number of phenols is 1. The van der Waals surface area contributed by atoms with Gasteiger partial charge in [0, 0.05) is 17.0 Å². The average molecular weight is 316 g/mol. The lowest BCUT2D eigenvalue weighted by Gasteiger charge is -2.43.